The number of carbonyl (C=O) groups excluding carboxylic acids is 1. The van der Waals surface area contributed by atoms with Gasteiger partial charge < -0.3 is 10.6 Å². The Morgan fingerprint density at radius 1 is 1.24 bits per heavy atom. The van der Waals surface area contributed by atoms with Gasteiger partial charge >= 0.3 is 0 Å². The maximum absolute atomic E-state index is 12.8. The summed E-state index contributed by atoms with van der Waals surface area (Å²) in [6, 6.07) is 14.2. The lowest BCUT2D eigenvalue weighted by atomic mass is 9.91. The first-order valence-corrected chi connectivity index (χ1v) is 7.69. The maximum atomic E-state index is 12.8. The van der Waals surface area contributed by atoms with Crippen LogP contribution >= 0.6 is 0 Å². The molecule has 21 heavy (non-hydrogen) atoms. The molecule has 1 aliphatic rings. The van der Waals surface area contributed by atoms with Gasteiger partial charge in [-0.3, -0.25) is 4.79 Å². The lowest BCUT2D eigenvalue weighted by molar-refractivity contribution is 0.0574. The minimum atomic E-state index is 0.114. The molecule has 1 fully saturated rings. The Labute approximate surface area is 125 Å². The van der Waals surface area contributed by atoms with Crippen LogP contribution in [0.25, 0.3) is 10.8 Å². The van der Waals surface area contributed by atoms with E-state index in [1.807, 2.05) is 41.3 Å². The summed E-state index contributed by atoms with van der Waals surface area (Å²) in [5, 5.41) is 2.27. The zero-order valence-corrected chi connectivity index (χ0v) is 12.5. The van der Waals surface area contributed by atoms with E-state index in [1.54, 1.807) is 0 Å². The van der Waals surface area contributed by atoms with Gasteiger partial charge in [-0.25, -0.2) is 0 Å². The van der Waals surface area contributed by atoms with Crippen LogP contribution in [0, 0.1) is 5.92 Å². The third kappa shape index (κ3) is 2.79. The molecule has 3 heteroatoms. The standard InChI is InChI=1S/C18H22N2O/c1-13-8-9-20(17(10-13)12-19)18(21)16-7-6-14-4-2-3-5-15(14)11-16/h2-7,11,13,17H,8-10,12,19H2,1H3. The Morgan fingerprint density at radius 3 is 2.76 bits per heavy atom. The van der Waals surface area contributed by atoms with Crippen molar-refractivity contribution in [2.24, 2.45) is 11.7 Å². The third-order valence-corrected chi connectivity index (χ3v) is 4.51. The molecule has 0 aliphatic carbocycles. The van der Waals surface area contributed by atoms with E-state index in [1.165, 1.54) is 0 Å². The van der Waals surface area contributed by atoms with Crippen molar-refractivity contribution in [3.63, 3.8) is 0 Å². The predicted octanol–water partition coefficient (Wildman–Crippen LogP) is 3.04. The second-order valence-electron chi connectivity index (χ2n) is 6.08. The van der Waals surface area contributed by atoms with Gasteiger partial charge in [-0.1, -0.05) is 37.3 Å². The van der Waals surface area contributed by atoms with Gasteiger partial charge in [-0.15, -0.1) is 0 Å². The van der Waals surface area contributed by atoms with E-state index in [4.69, 9.17) is 5.73 Å². The molecule has 0 bridgehead atoms. The molecule has 110 valence electrons. The zero-order chi connectivity index (χ0) is 14.8. The van der Waals surface area contributed by atoms with Crippen molar-refractivity contribution in [1.82, 2.24) is 4.90 Å². The van der Waals surface area contributed by atoms with Gasteiger partial charge in [-0.2, -0.15) is 0 Å². The van der Waals surface area contributed by atoms with Crippen LogP contribution in [0.4, 0.5) is 0 Å². The fourth-order valence-corrected chi connectivity index (χ4v) is 3.23. The van der Waals surface area contributed by atoms with Crippen LogP contribution < -0.4 is 5.73 Å². The lowest BCUT2D eigenvalue weighted by Crippen LogP contribution is -2.49. The molecule has 1 amide bonds. The second-order valence-corrected chi connectivity index (χ2v) is 6.08. The Bertz CT molecular complexity index is 652. The highest BCUT2D eigenvalue weighted by Gasteiger charge is 2.29. The largest absolute Gasteiger partial charge is 0.334 e. The number of benzene rings is 2. The summed E-state index contributed by atoms with van der Waals surface area (Å²) in [7, 11) is 0. The average molecular weight is 282 g/mol. The molecule has 3 rings (SSSR count). The van der Waals surface area contributed by atoms with Crippen LogP contribution in [-0.4, -0.2) is 29.9 Å². The van der Waals surface area contributed by atoms with Crippen molar-refractivity contribution >= 4 is 16.7 Å². The molecule has 0 aromatic heterocycles. The maximum Gasteiger partial charge on any atom is 0.254 e. The molecule has 1 saturated heterocycles. The Morgan fingerprint density at radius 2 is 2.00 bits per heavy atom. The van der Waals surface area contributed by atoms with Gasteiger partial charge in [0.2, 0.25) is 0 Å². The van der Waals surface area contributed by atoms with Crippen molar-refractivity contribution in [2.75, 3.05) is 13.1 Å². The Kier molecular flexibility index (Phi) is 3.93. The predicted molar refractivity (Wildman–Crippen MR) is 86.2 cm³/mol. The number of hydrogen-bond donors (Lipinski definition) is 1. The molecule has 0 spiro atoms. The molecule has 1 heterocycles. The number of rotatable bonds is 2. The molecule has 0 radical (unpaired) electrons. The normalized spacial score (nSPS) is 22.5. The van der Waals surface area contributed by atoms with E-state index in [2.05, 4.69) is 13.0 Å². The molecule has 2 N–H and O–H groups in total. The van der Waals surface area contributed by atoms with Crippen molar-refractivity contribution in [1.29, 1.82) is 0 Å². The van der Waals surface area contributed by atoms with Gasteiger partial charge in [0, 0.05) is 24.7 Å². The first kappa shape index (κ1) is 14.1. The number of hydrogen-bond acceptors (Lipinski definition) is 2. The SMILES string of the molecule is CC1CCN(C(=O)c2ccc3ccccc3c2)C(CN)C1. The summed E-state index contributed by atoms with van der Waals surface area (Å²) in [5.74, 6) is 0.766. The first-order chi connectivity index (χ1) is 10.2. The second kappa shape index (κ2) is 5.86. The van der Waals surface area contributed by atoms with E-state index in [0.717, 1.165) is 35.7 Å². The van der Waals surface area contributed by atoms with Crippen LogP contribution in [0.15, 0.2) is 42.5 Å². The van der Waals surface area contributed by atoms with Crippen molar-refractivity contribution < 1.29 is 4.79 Å². The van der Waals surface area contributed by atoms with E-state index in [-0.39, 0.29) is 11.9 Å². The molecular formula is C18H22N2O. The molecule has 2 aromatic rings. The lowest BCUT2D eigenvalue weighted by Gasteiger charge is -2.38. The Hall–Kier alpha value is -1.87. The highest BCUT2D eigenvalue weighted by molar-refractivity contribution is 5.98. The molecule has 2 unspecified atom stereocenters. The van der Waals surface area contributed by atoms with E-state index < -0.39 is 0 Å². The van der Waals surface area contributed by atoms with Crippen molar-refractivity contribution in [3.8, 4) is 0 Å². The summed E-state index contributed by atoms with van der Waals surface area (Å²) in [6.07, 6.45) is 2.08. The van der Waals surface area contributed by atoms with Gasteiger partial charge in [0.25, 0.3) is 5.91 Å². The first-order valence-electron chi connectivity index (χ1n) is 7.69. The number of nitrogens with zero attached hydrogens (tertiary/aromatic N) is 1. The zero-order valence-electron chi connectivity index (χ0n) is 12.5. The molecule has 2 aromatic carbocycles. The highest BCUT2D eigenvalue weighted by atomic mass is 16.2. The Balaban J connectivity index is 1.88. The molecular weight excluding hydrogens is 260 g/mol. The topological polar surface area (TPSA) is 46.3 Å². The van der Waals surface area contributed by atoms with Crippen LogP contribution in [0.1, 0.15) is 30.1 Å². The number of likely N-dealkylation sites (tertiary alicyclic amines) is 1. The fourth-order valence-electron chi connectivity index (χ4n) is 3.23. The fraction of sp³-hybridized carbons (Fsp3) is 0.389. The monoisotopic (exact) mass is 282 g/mol. The van der Waals surface area contributed by atoms with Crippen LogP contribution in [0.3, 0.4) is 0 Å². The molecule has 1 aliphatic heterocycles. The molecule has 2 atom stereocenters. The quantitative estimate of drug-likeness (QED) is 0.920. The summed E-state index contributed by atoms with van der Waals surface area (Å²) >= 11 is 0. The number of piperidine rings is 1. The van der Waals surface area contributed by atoms with Gasteiger partial charge in [0.15, 0.2) is 0 Å². The summed E-state index contributed by atoms with van der Waals surface area (Å²) in [6.45, 7) is 3.60. The number of fused-ring (bicyclic) bond motifs is 1. The van der Waals surface area contributed by atoms with Gasteiger partial charge in [0.05, 0.1) is 0 Å². The van der Waals surface area contributed by atoms with Crippen LogP contribution in [-0.2, 0) is 0 Å². The van der Waals surface area contributed by atoms with Crippen LogP contribution in [0.2, 0.25) is 0 Å². The summed E-state index contributed by atoms with van der Waals surface area (Å²) in [5.41, 5.74) is 6.63. The van der Waals surface area contributed by atoms with E-state index in [0.29, 0.717) is 12.5 Å². The van der Waals surface area contributed by atoms with Gasteiger partial charge in [-0.05, 0) is 41.7 Å². The van der Waals surface area contributed by atoms with E-state index >= 15 is 0 Å². The van der Waals surface area contributed by atoms with Gasteiger partial charge in [0.1, 0.15) is 0 Å². The minimum Gasteiger partial charge on any atom is -0.334 e. The number of amides is 1. The van der Waals surface area contributed by atoms with Crippen molar-refractivity contribution in [2.45, 2.75) is 25.8 Å². The summed E-state index contributed by atoms with van der Waals surface area (Å²) < 4.78 is 0. The third-order valence-electron chi connectivity index (χ3n) is 4.51. The van der Waals surface area contributed by atoms with Crippen molar-refractivity contribution in [3.05, 3.63) is 48.0 Å². The van der Waals surface area contributed by atoms with E-state index in [9.17, 15) is 4.79 Å². The number of nitrogens with two attached hydrogens (primary N) is 1. The molecule has 0 saturated carbocycles. The number of carbonyl (C=O) groups is 1. The smallest absolute Gasteiger partial charge is 0.254 e. The van der Waals surface area contributed by atoms with Crippen LogP contribution in [0.5, 0.6) is 0 Å². The summed E-state index contributed by atoms with van der Waals surface area (Å²) in [4.78, 5) is 14.8. The average Bonchev–Trinajstić information content (AvgIpc) is 2.53. The minimum absolute atomic E-state index is 0.114. The highest BCUT2D eigenvalue weighted by Crippen LogP contribution is 2.24. The molecule has 3 nitrogen and oxygen atoms in total.